The summed E-state index contributed by atoms with van der Waals surface area (Å²) in [6.45, 7) is 2.72. The molecule has 0 unspecified atom stereocenters. The van der Waals surface area contributed by atoms with E-state index in [1.54, 1.807) is 0 Å². The quantitative estimate of drug-likeness (QED) is 0.524. The highest BCUT2D eigenvalue weighted by molar-refractivity contribution is 8.16. The van der Waals surface area contributed by atoms with Crippen molar-refractivity contribution < 1.29 is 17.9 Å². The highest BCUT2D eigenvalue weighted by atomic mass is 35.5. The number of halogens is 1. The van der Waals surface area contributed by atoms with Gasteiger partial charge in [0, 0.05) is 17.0 Å². The van der Waals surface area contributed by atoms with Crippen molar-refractivity contribution in [2.24, 2.45) is 4.99 Å². The predicted molar refractivity (Wildman–Crippen MR) is 106 cm³/mol. The second kappa shape index (κ2) is 8.19. The maximum atomic E-state index is 12.1. The number of sulfone groups is 1. The molecule has 0 aliphatic carbocycles. The molecule has 1 aromatic rings. The molecule has 0 spiro atoms. The van der Waals surface area contributed by atoms with Crippen molar-refractivity contribution in [1.82, 2.24) is 0 Å². The van der Waals surface area contributed by atoms with Crippen molar-refractivity contribution in [3.63, 3.8) is 0 Å². The number of alkyl halides is 1. The SMILES string of the molecule is CCCCOc1cccc(N2C(=NC(=O)CCl)S[C@@H]3CS(=O)(=O)C[C@@H]32)c1. The average molecular weight is 417 g/mol. The number of hydrogen-bond donors (Lipinski definition) is 0. The summed E-state index contributed by atoms with van der Waals surface area (Å²) in [7, 11) is -3.09. The van der Waals surface area contributed by atoms with Gasteiger partial charge in [0.05, 0.1) is 24.2 Å². The number of amidine groups is 1. The lowest BCUT2D eigenvalue weighted by Gasteiger charge is -2.25. The van der Waals surface area contributed by atoms with Crippen molar-refractivity contribution in [2.45, 2.75) is 31.1 Å². The van der Waals surface area contributed by atoms with Gasteiger partial charge in [0.25, 0.3) is 5.91 Å². The Morgan fingerprint density at radius 3 is 2.96 bits per heavy atom. The summed E-state index contributed by atoms with van der Waals surface area (Å²) in [5.74, 6) is 0.232. The zero-order valence-electron chi connectivity index (χ0n) is 14.4. The topological polar surface area (TPSA) is 76.0 Å². The van der Waals surface area contributed by atoms with E-state index in [2.05, 4.69) is 11.9 Å². The number of hydrogen-bond acceptors (Lipinski definition) is 5. The minimum Gasteiger partial charge on any atom is -0.494 e. The van der Waals surface area contributed by atoms with Gasteiger partial charge >= 0.3 is 0 Å². The predicted octanol–water partition coefficient (Wildman–Crippen LogP) is 2.71. The maximum Gasteiger partial charge on any atom is 0.262 e. The van der Waals surface area contributed by atoms with E-state index in [1.807, 2.05) is 29.2 Å². The molecule has 1 aromatic carbocycles. The van der Waals surface area contributed by atoms with Crippen molar-refractivity contribution in [3.05, 3.63) is 24.3 Å². The number of aliphatic imine (C=N–C) groups is 1. The van der Waals surface area contributed by atoms with Crippen LogP contribution in [0, 0.1) is 0 Å². The number of carbonyl (C=O) groups is 1. The lowest BCUT2D eigenvalue weighted by molar-refractivity contribution is -0.115. The van der Waals surface area contributed by atoms with E-state index in [4.69, 9.17) is 16.3 Å². The van der Waals surface area contributed by atoms with Crippen LogP contribution in [-0.2, 0) is 14.6 Å². The standard InChI is InChI=1S/C17H21ClN2O4S2/c1-2-3-7-24-13-6-4-5-12(8-13)20-14-10-26(22,23)11-15(14)25-17(20)19-16(21)9-18/h4-6,8,14-15H,2-3,7,9-11H2,1H3/t14-,15+/m0/s1. The Hall–Kier alpha value is -1.25. The number of thioether (sulfide) groups is 1. The van der Waals surface area contributed by atoms with Gasteiger partial charge in [-0.3, -0.25) is 4.79 Å². The molecule has 2 fully saturated rings. The Kier molecular flexibility index (Phi) is 6.14. The fourth-order valence-corrected chi connectivity index (χ4v) is 7.05. The van der Waals surface area contributed by atoms with E-state index >= 15 is 0 Å². The van der Waals surface area contributed by atoms with Crippen molar-refractivity contribution >= 4 is 50.0 Å². The molecule has 142 valence electrons. The minimum absolute atomic E-state index is 0.0552. The van der Waals surface area contributed by atoms with Crippen LogP contribution in [0.15, 0.2) is 29.3 Å². The first-order chi connectivity index (χ1) is 12.4. The van der Waals surface area contributed by atoms with E-state index in [9.17, 15) is 13.2 Å². The van der Waals surface area contributed by atoms with Crippen LogP contribution in [0.1, 0.15) is 19.8 Å². The molecule has 3 rings (SSSR count). The van der Waals surface area contributed by atoms with Gasteiger partial charge in [-0.2, -0.15) is 4.99 Å². The van der Waals surface area contributed by atoms with Crippen LogP contribution in [0.3, 0.4) is 0 Å². The number of unbranched alkanes of at least 4 members (excludes halogenated alkanes) is 1. The Morgan fingerprint density at radius 1 is 1.42 bits per heavy atom. The zero-order chi connectivity index (χ0) is 18.7. The van der Waals surface area contributed by atoms with Crippen molar-refractivity contribution in [1.29, 1.82) is 0 Å². The summed E-state index contributed by atoms with van der Waals surface area (Å²) in [6, 6.07) is 7.23. The van der Waals surface area contributed by atoms with Gasteiger partial charge in [0.15, 0.2) is 15.0 Å². The third-order valence-corrected chi connectivity index (χ3v) is 7.70. The molecule has 0 saturated carbocycles. The first-order valence-corrected chi connectivity index (χ1v) is 11.7. The molecule has 9 heteroatoms. The lowest BCUT2D eigenvalue weighted by Crippen LogP contribution is -2.37. The van der Waals surface area contributed by atoms with Crippen molar-refractivity contribution in [2.75, 3.05) is 28.9 Å². The number of anilines is 1. The molecular weight excluding hydrogens is 396 g/mol. The molecule has 0 bridgehead atoms. The van der Waals surface area contributed by atoms with Gasteiger partial charge in [-0.05, 0) is 18.6 Å². The third-order valence-electron chi connectivity index (χ3n) is 4.26. The summed E-state index contributed by atoms with van der Waals surface area (Å²) < 4.78 is 29.9. The number of fused-ring (bicyclic) bond motifs is 1. The molecular formula is C17H21ClN2O4S2. The van der Waals surface area contributed by atoms with Gasteiger partial charge in [0.1, 0.15) is 11.6 Å². The Balaban J connectivity index is 1.91. The summed E-state index contributed by atoms with van der Waals surface area (Å²) in [5, 5.41) is 0.373. The minimum atomic E-state index is -3.09. The van der Waals surface area contributed by atoms with E-state index in [0.29, 0.717) is 17.5 Å². The van der Waals surface area contributed by atoms with Crippen LogP contribution in [0.4, 0.5) is 5.69 Å². The summed E-state index contributed by atoms with van der Waals surface area (Å²) in [5.41, 5.74) is 0.775. The van der Waals surface area contributed by atoms with Crippen LogP contribution >= 0.6 is 23.4 Å². The van der Waals surface area contributed by atoms with E-state index in [0.717, 1.165) is 18.5 Å². The Morgan fingerprint density at radius 2 is 2.23 bits per heavy atom. The smallest absolute Gasteiger partial charge is 0.262 e. The fourth-order valence-electron chi connectivity index (χ4n) is 3.06. The van der Waals surface area contributed by atoms with Crippen LogP contribution in [0.2, 0.25) is 0 Å². The highest BCUT2D eigenvalue weighted by Gasteiger charge is 2.49. The number of carbonyl (C=O) groups excluding carboxylic acids is 1. The first kappa shape index (κ1) is 19.5. The largest absolute Gasteiger partial charge is 0.494 e. The van der Waals surface area contributed by atoms with E-state index in [-0.39, 0.29) is 28.7 Å². The highest BCUT2D eigenvalue weighted by Crippen LogP contribution is 2.41. The number of rotatable bonds is 6. The number of nitrogens with zero attached hydrogens (tertiary/aromatic N) is 2. The number of amides is 1. The fraction of sp³-hybridized carbons (Fsp3) is 0.529. The summed E-state index contributed by atoms with van der Waals surface area (Å²) >= 11 is 6.92. The maximum absolute atomic E-state index is 12.1. The normalized spacial score (nSPS) is 25.5. The molecule has 6 nitrogen and oxygen atoms in total. The number of ether oxygens (including phenoxy) is 1. The monoisotopic (exact) mass is 416 g/mol. The molecule has 2 aliphatic rings. The molecule has 2 saturated heterocycles. The van der Waals surface area contributed by atoms with Crippen molar-refractivity contribution in [3.8, 4) is 5.75 Å². The molecule has 2 atom stereocenters. The average Bonchev–Trinajstić information content (AvgIpc) is 3.06. The lowest BCUT2D eigenvalue weighted by atomic mass is 10.2. The summed E-state index contributed by atoms with van der Waals surface area (Å²) in [6.07, 6.45) is 2.01. The third kappa shape index (κ3) is 4.35. The van der Waals surface area contributed by atoms with Gasteiger partial charge < -0.3 is 9.64 Å². The molecule has 2 aliphatic heterocycles. The Bertz CT molecular complexity index is 813. The van der Waals surface area contributed by atoms with Gasteiger partial charge in [-0.1, -0.05) is 31.2 Å². The van der Waals surface area contributed by atoms with Crippen LogP contribution < -0.4 is 9.64 Å². The second-order valence-corrected chi connectivity index (χ2v) is 9.92. The van der Waals surface area contributed by atoms with Gasteiger partial charge in [0.2, 0.25) is 0 Å². The zero-order valence-corrected chi connectivity index (χ0v) is 16.8. The second-order valence-electron chi connectivity index (χ2n) is 6.29. The summed E-state index contributed by atoms with van der Waals surface area (Å²) in [4.78, 5) is 17.7. The first-order valence-electron chi connectivity index (χ1n) is 8.50. The van der Waals surface area contributed by atoms with E-state index in [1.165, 1.54) is 11.8 Å². The van der Waals surface area contributed by atoms with Crippen LogP contribution in [0.5, 0.6) is 5.75 Å². The Labute approximate surface area is 162 Å². The molecule has 0 N–H and O–H groups in total. The van der Waals surface area contributed by atoms with Crippen LogP contribution in [-0.4, -0.2) is 54.8 Å². The molecule has 0 radical (unpaired) electrons. The number of benzene rings is 1. The molecule has 0 aromatic heterocycles. The van der Waals surface area contributed by atoms with Gasteiger partial charge in [-0.15, -0.1) is 11.6 Å². The molecule has 2 heterocycles. The molecule has 1 amide bonds. The van der Waals surface area contributed by atoms with Gasteiger partial charge in [-0.25, -0.2) is 8.42 Å². The molecule has 26 heavy (non-hydrogen) atoms. The van der Waals surface area contributed by atoms with Crippen LogP contribution in [0.25, 0.3) is 0 Å². The van der Waals surface area contributed by atoms with E-state index < -0.39 is 15.7 Å².